The predicted molar refractivity (Wildman–Crippen MR) is 102 cm³/mol. The number of nitrogens with zero attached hydrogens (tertiary/aromatic N) is 2. The number of para-hydroxylation sites is 1. The lowest BCUT2D eigenvalue weighted by Crippen LogP contribution is -2.38. The second kappa shape index (κ2) is 9.06. The van der Waals surface area contributed by atoms with Gasteiger partial charge >= 0.3 is 16.2 Å². The summed E-state index contributed by atoms with van der Waals surface area (Å²) in [6.45, 7) is 0. The van der Waals surface area contributed by atoms with Gasteiger partial charge in [0.05, 0.1) is 26.0 Å². The minimum Gasteiger partial charge on any atom is -0.481 e. The van der Waals surface area contributed by atoms with E-state index in [0.717, 1.165) is 0 Å². The standard InChI is InChI=1S/C15H14BrN5O5S/c1-25-12-9-13(26-2)18-14(17-12)19-15(22)21-27(23,24)20-11-6-4-3-5-10(11)7-8-16/h3-6,9,20H,1-2H3,(H2,17,18,19,21,22). The van der Waals surface area contributed by atoms with E-state index in [-0.39, 0.29) is 23.4 Å². The third-order valence-corrected chi connectivity index (χ3v) is 4.04. The number of benzene rings is 1. The highest BCUT2D eigenvalue weighted by Gasteiger charge is 2.17. The fourth-order valence-corrected chi connectivity index (χ4v) is 2.85. The molecule has 0 unspecified atom stereocenters. The van der Waals surface area contributed by atoms with Crippen molar-refractivity contribution < 1.29 is 22.7 Å². The average molecular weight is 456 g/mol. The molecule has 0 saturated heterocycles. The minimum atomic E-state index is -4.24. The molecule has 0 aliphatic heterocycles. The van der Waals surface area contributed by atoms with Crippen molar-refractivity contribution in [3.63, 3.8) is 0 Å². The molecule has 1 heterocycles. The van der Waals surface area contributed by atoms with Gasteiger partial charge in [-0.25, -0.2) is 9.52 Å². The van der Waals surface area contributed by atoms with Crippen LogP contribution in [0.25, 0.3) is 0 Å². The van der Waals surface area contributed by atoms with Crippen molar-refractivity contribution in [1.29, 1.82) is 0 Å². The summed E-state index contributed by atoms with van der Waals surface area (Å²) in [5, 5.41) is 2.19. The lowest BCUT2D eigenvalue weighted by molar-refractivity contribution is 0.256. The van der Waals surface area contributed by atoms with E-state index in [0.29, 0.717) is 5.56 Å². The molecule has 27 heavy (non-hydrogen) atoms. The maximum absolute atomic E-state index is 12.2. The quantitative estimate of drug-likeness (QED) is 0.564. The van der Waals surface area contributed by atoms with Crippen LogP contribution in [0.15, 0.2) is 30.3 Å². The number of aromatic nitrogens is 2. The van der Waals surface area contributed by atoms with Crippen LogP contribution in [0, 0.1) is 10.8 Å². The van der Waals surface area contributed by atoms with E-state index in [1.807, 2.05) is 0 Å². The molecule has 0 fully saturated rings. The Kier molecular flexibility index (Phi) is 6.80. The number of anilines is 2. The molecule has 142 valence electrons. The molecule has 0 saturated carbocycles. The lowest BCUT2D eigenvalue weighted by Gasteiger charge is -2.11. The number of nitrogens with one attached hydrogen (secondary N) is 3. The first-order valence-corrected chi connectivity index (χ1v) is 9.43. The Morgan fingerprint density at radius 3 is 2.37 bits per heavy atom. The van der Waals surface area contributed by atoms with Crippen molar-refractivity contribution in [2.24, 2.45) is 0 Å². The van der Waals surface area contributed by atoms with Crippen LogP contribution in [0.1, 0.15) is 5.56 Å². The van der Waals surface area contributed by atoms with Crippen molar-refractivity contribution >= 4 is 43.8 Å². The van der Waals surface area contributed by atoms with Crippen LogP contribution < -0.4 is 24.2 Å². The number of urea groups is 1. The summed E-state index contributed by atoms with van der Waals surface area (Å²) in [7, 11) is -1.50. The zero-order chi connectivity index (χ0) is 19.9. The fourth-order valence-electron chi connectivity index (χ4n) is 1.82. The monoisotopic (exact) mass is 455 g/mol. The van der Waals surface area contributed by atoms with Crippen molar-refractivity contribution in [2.45, 2.75) is 0 Å². The minimum absolute atomic E-state index is 0.125. The Balaban J connectivity index is 2.12. The molecule has 0 radical (unpaired) electrons. The Hall–Kier alpha value is -3.04. The average Bonchev–Trinajstić information content (AvgIpc) is 2.62. The van der Waals surface area contributed by atoms with E-state index < -0.39 is 16.2 Å². The normalized spacial score (nSPS) is 10.2. The molecular weight excluding hydrogens is 442 g/mol. The Labute approximate surface area is 164 Å². The van der Waals surface area contributed by atoms with E-state index >= 15 is 0 Å². The van der Waals surface area contributed by atoms with E-state index in [4.69, 9.17) is 9.47 Å². The lowest BCUT2D eigenvalue weighted by atomic mass is 10.2. The van der Waals surface area contributed by atoms with E-state index in [1.165, 1.54) is 26.4 Å². The predicted octanol–water partition coefficient (Wildman–Crippen LogP) is 1.68. The van der Waals surface area contributed by atoms with Gasteiger partial charge in [0.2, 0.25) is 17.7 Å². The summed E-state index contributed by atoms with van der Waals surface area (Å²) in [5.74, 6) is 2.73. The SMILES string of the molecule is COc1cc(OC)nc(NC(=O)NS(=O)(=O)Nc2ccccc2C#CBr)n1. The molecule has 0 bridgehead atoms. The topological polar surface area (TPSA) is 132 Å². The molecule has 0 aliphatic rings. The summed E-state index contributed by atoms with van der Waals surface area (Å²) in [5.41, 5.74) is 0.616. The first-order valence-electron chi connectivity index (χ1n) is 7.16. The molecule has 1 aromatic carbocycles. The Morgan fingerprint density at radius 1 is 1.15 bits per heavy atom. The number of hydrogen-bond donors (Lipinski definition) is 3. The second-order valence-corrected chi connectivity index (χ2v) is 6.51. The van der Waals surface area contributed by atoms with Gasteiger partial charge in [0, 0.05) is 21.5 Å². The van der Waals surface area contributed by atoms with E-state index in [1.54, 1.807) is 22.9 Å². The van der Waals surface area contributed by atoms with Crippen LogP contribution in [-0.2, 0) is 10.2 Å². The molecule has 0 aliphatic carbocycles. The zero-order valence-corrected chi connectivity index (χ0v) is 16.5. The molecule has 1 aromatic heterocycles. The number of hydrogen-bond acceptors (Lipinski definition) is 7. The molecule has 0 spiro atoms. The molecular formula is C15H14BrN5O5S. The first kappa shape index (κ1) is 20.3. The van der Waals surface area contributed by atoms with Gasteiger partial charge in [-0.1, -0.05) is 18.1 Å². The number of amides is 2. The number of carbonyl (C=O) groups excluding carboxylic acids is 1. The first-order chi connectivity index (χ1) is 12.9. The van der Waals surface area contributed by atoms with Crippen molar-refractivity contribution in [1.82, 2.24) is 14.7 Å². The van der Waals surface area contributed by atoms with Gasteiger partial charge in [-0.2, -0.15) is 18.4 Å². The summed E-state index contributed by atoms with van der Waals surface area (Å²) in [6, 6.07) is 6.74. The molecule has 10 nitrogen and oxygen atoms in total. The summed E-state index contributed by atoms with van der Waals surface area (Å²) >= 11 is 2.95. The molecule has 2 amide bonds. The fraction of sp³-hybridized carbons (Fsp3) is 0.133. The van der Waals surface area contributed by atoms with Crippen LogP contribution in [0.3, 0.4) is 0 Å². The van der Waals surface area contributed by atoms with Crippen molar-refractivity contribution in [3.05, 3.63) is 35.9 Å². The van der Waals surface area contributed by atoms with Crippen LogP contribution in [0.2, 0.25) is 0 Å². The summed E-state index contributed by atoms with van der Waals surface area (Å²) in [6.07, 6.45) is 0. The Morgan fingerprint density at radius 2 is 1.78 bits per heavy atom. The van der Waals surface area contributed by atoms with Gasteiger partial charge in [-0.15, -0.1) is 0 Å². The van der Waals surface area contributed by atoms with Crippen molar-refractivity contribution in [3.8, 4) is 22.5 Å². The van der Waals surface area contributed by atoms with E-state index in [9.17, 15) is 13.2 Å². The highest BCUT2D eigenvalue weighted by atomic mass is 79.9. The maximum atomic E-state index is 12.2. The number of methoxy groups -OCH3 is 2. The van der Waals surface area contributed by atoms with Crippen LogP contribution >= 0.6 is 15.9 Å². The van der Waals surface area contributed by atoms with Crippen LogP contribution in [-0.4, -0.2) is 38.6 Å². The molecule has 0 atom stereocenters. The maximum Gasteiger partial charge on any atom is 0.336 e. The van der Waals surface area contributed by atoms with Crippen LogP contribution in [0.4, 0.5) is 16.4 Å². The van der Waals surface area contributed by atoms with E-state index in [2.05, 4.69) is 46.7 Å². The van der Waals surface area contributed by atoms with Gasteiger partial charge in [-0.05, 0) is 17.0 Å². The molecule has 3 N–H and O–H groups in total. The molecule has 2 aromatic rings. The largest absolute Gasteiger partial charge is 0.481 e. The highest BCUT2D eigenvalue weighted by Crippen LogP contribution is 2.17. The third-order valence-electron chi connectivity index (χ3n) is 2.90. The number of halogens is 1. The third kappa shape index (κ3) is 6.01. The smallest absolute Gasteiger partial charge is 0.336 e. The zero-order valence-electron chi connectivity index (χ0n) is 14.1. The van der Waals surface area contributed by atoms with Gasteiger partial charge in [0.1, 0.15) is 0 Å². The van der Waals surface area contributed by atoms with Gasteiger partial charge in [0.25, 0.3) is 0 Å². The molecule has 12 heteroatoms. The van der Waals surface area contributed by atoms with Gasteiger partial charge in [-0.3, -0.25) is 10.0 Å². The second-order valence-electron chi connectivity index (χ2n) is 4.70. The van der Waals surface area contributed by atoms with Crippen LogP contribution in [0.5, 0.6) is 11.8 Å². The van der Waals surface area contributed by atoms with Crippen molar-refractivity contribution in [2.75, 3.05) is 24.3 Å². The van der Waals surface area contributed by atoms with Gasteiger partial charge < -0.3 is 9.47 Å². The Bertz CT molecular complexity index is 981. The number of ether oxygens (including phenoxy) is 2. The molecule has 2 rings (SSSR count). The number of rotatable bonds is 6. The summed E-state index contributed by atoms with van der Waals surface area (Å²) in [4.78, 5) is 22.2. The highest BCUT2D eigenvalue weighted by molar-refractivity contribution is 9.12. The van der Waals surface area contributed by atoms with Gasteiger partial charge in [0.15, 0.2) is 0 Å². The summed E-state index contributed by atoms with van der Waals surface area (Å²) < 4.78 is 38.2. The number of carbonyl (C=O) groups is 1.